The van der Waals surface area contributed by atoms with Crippen LogP contribution in [0, 0.1) is 5.41 Å². The van der Waals surface area contributed by atoms with Gasteiger partial charge in [-0.15, -0.1) is 23.2 Å². The summed E-state index contributed by atoms with van der Waals surface area (Å²) in [6.07, 6.45) is 0. The summed E-state index contributed by atoms with van der Waals surface area (Å²) in [6.45, 7) is 4.99. The van der Waals surface area contributed by atoms with E-state index in [2.05, 4.69) is 0 Å². The zero-order valence-electron chi connectivity index (χ0n) is 6.32. The standard InChI is InChI=1S/C5H10O2.CH2Cl2/c1-5(2,3)4(6)7;2-1-3/h1-3H3,(H,6,7);1H2. The molecule has 0 aliphatic heterocycles. The van der Waals surface area contributed by atoms with Gasteiger partial charge in [-0.25, -0.2) is 0 Å². The van der Waals surface area contributed by atoms with Crippen molar-refractivity contribution < 1.29 is 9.90 Å². The maximum atomic E-state index is 10.0. The van der Waals surface area contributed by atoms with E-state index in [1.807, 2.05) is 0 Å². The maximum absolute atomic E-state index is 10.0. The van der Waals surface area contributed by atoms with Gasteiger partial charge >= 0.3 is 5.97 Å². The Balaban J connectivity index is 0. The highest BCUT2D eigenvalue weighted by atomic mass is 35.5. The molecule has 0 bridgehead atoms. The average Bonchev–Trinajstić information content (AvgIpc) is 1.64. The van der Waals surface area contributed by atoms with Gasteiger partial charge in [0.2, 0.25) is 0 Å². The predicted octanol–water partition coefficient (Wildman–Crippen LogP) is 2.54. The van der Waals surface area contributed by atoms with E-state index in [0.717, 1.165) is 0 Å². The number of carboxylic acids is 1. The zero-order chi connectivity index (χ0) is 8.78. The van der Waals surface area contributed by atoms with E-state index in [-0.39, 0.29) is 5.34 Å². The lowest BCUT2D eigenvalue weighted by Gasteiger charge is -2.08. The van der Waals surface area contributed by atoms with Crippen LogP contribution < -0.4 is 0 Å². The molecular formula is C6H12Cl2O2. The lowest BCUT2D eigenvalue weighted by atomic mass is 9.98. The highest BCUT2D eigenvalue weighted by Gasteiger charge is 2.18. The van der Waals surface area contributed by atoms with Crippen molar-refractivity contribution in [3.05, 3.63) is 0 Å². The lowest BCUT2D eigenvalue weighted by Crippen LogP contribution is -2.18. The summed E-state index contributed by atoms with van der Waals surface area (Å²) in [7, 11) is 0. The van der Waals surface area contributed by atoms with Crippen LogP contribution in [0.25, 0.3) is 0 Å². The molecule has 0 atom stereocenters. The Morgan fingerprint density at radius 2 is 1.50 bits per heavy atom. The van der Waals surface area contributed by atoms with Gasteiger partial charge in [0.15, 0.2) is 0 Å². The first kappa shape index (κ1) is 12.7. The van der Waals surface area contributed by atoms with Gasteiger partial charge in [-0.2, -0.15) is 0 Å². The van der Waals surface area contributed by atoms with Crippen LogP contribution in [0.15, 0.2) is 0 Å². The average molecular weight is 187 g/mol. The SMILES string of the molecule is CC(C)(C)C(=O)O.ClCCl. The van der Waals surface area contributed by atoms with E-state index >= 15 is 0 Å². The molecule has 0 fully saturated rings. The van der Waals surface area contributed by atoms with Crippen molar-refractivity contribution >= 4 is 29.2 Å². The summed E-state index contributed by atoms with van der Waals surface area (Å²) in [5, 5.41) is 8.44. The smallest absolute Gasteiger partial charge is 0.308 e. The molecule has 0 aromatic heterocycles. The molecule has 0 aliphatic rings. The largest absolute Gasteiger partial charge is 0.481 e. The number of carbonyl (C=O) groups is 1. The second kappa shape index (κ2) is 5.81. The first-order valence-corrected chi connectivity index (χ1v) is 3.78. The monoisotopic (exact) mass is 186 g/mol. The Bertz CT molecular complexity index is 96.4. The fraction of sp³-hybridized carbons (Fsp3) is 0.833. The zero-order valence-corrected chi connectivity index (χ0v) is 7.83. The third kappa shape index (κ3) is 10.9. The van der Waals surface area contributed by atoms with Crippen LogP contribution in [-0.4, -0.2) is 16.4 Å². The van der Waals surface area contributed by atoms with Crippen LogP contribution in [0.2, 0.25) is 0 Å². The maximum Gasteiger partial charge on any atom is 0.308 e. The fourth-order valence-corrected chi connectivity index (χ4v) is 0. The molecule has 4 heteroatoms. The minimum atomic E-state index is -0.757. The molecule has 1 N–H and O–H groups in total. The highest BCUT2D eigenvalue weighted by molar-refractivity contribution is 6.40. The van der Waals surface area contributed by atoms with E-state index in [1.54, 1.807) is 20.8 Å². The molecule has 0 heterocycles. The molecule has 0 saturated heterocycles. The van der Waals surface area contributed by atoms with Gasteiger partial charge in [-0.05, 0) is 20.8 Å². The molecule has 0 rings (SSSR count). The van der Waals surface area contributed by atoms with E-state index < -0.39 is 11.4 Å². The first-order chi connectivity index (χ1) is 4.36. The molecule has 0 amide bonds. The van der Waals surface area contributed by atoms with Crippen molar-refractivity contribution in [2.45, 2.75) is 20.8 Å². The van der Waals surface area contributed by atoms with Gasteiger partial charge in [0.1, 0.15) is 0 Å². The van der Waals surface area contributed by atoms with Gasteiger partial charge in [-0.1, -0.05) is 0 Å². The molecule has 0 aliphatic carbocycles. The molecule has 0 spiro atoms. The van der Waals surface area contributed by atoms with Gasteiger partial charge in [0.05, 0.1) is 10.8 Å². The summed E-state index contributed by atoms with van der Waals surface area (Å²) in [4.78, 5) is 10.0. The van der Waals surface area contributed by atoms with Crippen molar-refractivity contribution in [3.8, 4) is 0 Å². The Morgan fingerprint density at radius 3 is 1.50 bits per heavy atom. The number of halogens is 2. The van der Waals surface area contributed by atoms with Crippen molar-refractivity contribution in [1.82, 2.24) is 0 Å². The molecule has 62 valence electrons. The number of rotatable bonds is 0. The van der Waals surface area contributed by atoms with Crippen LogP contribution in [0.5, 0.6) is 0 Å². The number of carboxylic acid groups (broad SMARTS) is 1. The molecule has 0 saturated carbocycles. The van der Waals surface area contributed by atoms with Crippen molar-refractivity contribution in [3.63, 3.8) is 0 Å². The number of alkyl halides is 2. The lowest BCUT2D eigenvalue weighted by molar-refractivity contribution is -0.145. The van der Waals surface area contributed by atoms with Crippen LogP contribution >= 0.6 is 23.2 Å². The van der Waals surface area contributed by atoms with Crippen LogP contribution in [-0.2, 0) is 4.79 Å². The topological polar surface area (TPSA) is 37.3 Å². The van der Waals surface area contributed by atoms with E-state index in [0.29, 0.717) is 0 Å². The quantitative estimate of drug-likeness (QED) is 0.591. The van der Waals surface area contributed by atoms with Crippen LogP contribution in [0.1, 0.15) is 20.8 Å². The molecule has 2 nitrogen and oxygen atoms in total. The van der Waals surface area contributed by atoms with E-state index in [1.165, 1.54) is 0 Å². The Morgan fingerprint density at radius 1 is 1.40 bits per heavy atom. The summed E-state index contributed by atoms with van der Waals surface area (Å²) in [6, 6.07) is 0. The number of aliphatic carboxylic acids is 1. The second-order valence-electron chi connectivity index (χ2n) is 2.66. The normalized spacial score (nSPS) is 9.70. The molecule has 0 aromatic carbocycles. The van der Waals surface area contributed by atoms with E-state index in [9.17, 15) is 4.79 Å². The first-order valence-electron chi connectivity index (χ1n) is 2.71. The van der Waals surface area contributed by atoms with Gasteiger partial charge in [0.25, 0.3) is 0 Å². The number of hydrogen-bond donors (Lipinski definition) is 1. The van der Waals surface area contributed by atoms with Crippen molar-refractivity contribution in [1.29, 1.82) is 0 Å². The fourth-order valence-electron chi connectivity index (χ4n) is 0. The minimum Gasteiger partial charge on any atom is -0.481 e. The molecule has 0 aromatic rings. The Kier molecular flexibility index (Phi) is 7.38. The van der Waals surface area contributed by atoms with E-state index in [4.69, 9.17) is 28.3 Å². The van der Waals surface area contributed by atoms with Crippen LogP contribution in [0.3, 0.4) is 0 Å². The second-order valence-corrected chi connectivity index (χ2v) is 3.46. The van der Waals surface area contributed by atoms with Crippen molar-refractivity contribution in [2.75, 3.05) is 5.34 Å². The third-order valence-corrected chi connectivity index (χ3v) is 0.642. The van der Waals surface area contributed by atoms with Crippen LogP contribution in [0.4, 0.5) is 0 Å². The van der Waals surface area contributed by atoms with Gasteiger partial charge in [0, 0.05) is 0 Å². The Labute approximate surface area is 71.1 Å². The summed E-state index contributed by atoms with van der Waals surface area (Å²) < 4.78 is 0. The minimum absolute atomic E-state index is 0.194. The molecular weight excluding hydrogens is 175 g/mol. The third-order valence-electron chi connectivity index (χ3n) is 0.642. The van der Waals surface area contributed by atoms with Gasteiger partial charge in [-0.3, -0.25) is 4.79 Å². The molecule has 0 radical (unpaired) electrons. The van der Waals surface area contributed by atoms with Crippen molar-refractivity contribution in [2.24, 2.45) is 5.41 Å². The highest BCUT2D eigenvalue weighted by Crippen LogP contribution is 2.11. The summed E-state index contributed by atoms with van der Waals surface area (Å²) in [5.74, 6) is -0.757. The summed E-state index contributed by atoms with van der Waals surface area (Å²) >= 11 is 9.53. The van der Waals surface area contributed by atoms with Gasteiger partial charge < -0.3 is 5.11 Å². The predicted molar refractivity (Wildman–Crippen MR) is 43.7 cm³/mol. The Hall–Kier alpha value is 0.0500. The molecule has 10 heavy (non-hydrogen) atoms. The molecule has 0 unspecified atom stereocenters. The summed E-state index contributed by atoms with van der Waals surface area (Å²) in [5.41, 5.74) is -0.583. The number of hydrogen-bond acceptors (Lipinski definition) is 1.